The first-order valence-electron chi connectivity index (χ1n) is 2.48. The van der Waals surface area contributed by atoms with E-state index in [2.05, 4.69) is 20.8 Å². The molecule has 0 unspecified atom stereocenters. The molecule has 0 heterocycles. The van der Waals surface area contributed by atoms with Crippen LogP contribution in [0, 0.1) is 11.3 Å². The Bertz CT molecular complexity index is 42.6. The van der Waals surface area contributed by atoms with E-state index in [9.17, 15) is 0 Å². The third-order valence-corrected chi connectivity index (χ3v) is 0.844. The second-order valence-corrected chi connectivity index (χ2v) is 3.23. The molecule has 0 spiro atoms. The topological polar surface area (TPSA) is 0 Å². The summed E-state index contributed by atoms with van der Waals surface area (Å²) in [6, 6.07) is 0. The van der Waals surface area contributed by atoms with Crippen molar-refractivity contribution < 1.29 is 0 Å². The second-order valence-electron chi connectivity index (χ2n) is 2.92. The molecule has 0 fully saturated rings. The fourth-order valence-corrected chi connectivity index (χ4v) is 0.694. The molecule has 1 radical (unpaired) electrons. The van der Waals surface area contributed by atoms with Crippen molar-refractivity contribution in [2.45, 2.75) is 27.2 Å². The van der Waals surface area contributed by atoms with Gasteiger partial charge < -0.3 is 0 Å². The van der Waals surface area contributed by atoms with E-state index in [1.54, 1.807) is 5.88 Å². The highest BCUT2D eigenvalue weighted by molar-refractivity contribution is 6.23. The van der Waals surface area contributed by atoms with E-state index >= 15 is 0 Å². The molecule has 0 atom stereocenters. The fraction of sp³-hybridized carbons (Fsp3) is 0.833. The maximum atomic E-state index is 5.36. The Labute approximate surface area is 50.9 Å². The maximum Gasteiger partial charge on any atom is 0.0504 e. The molecule has 0 aliphatic heterocycles. The van der Waals surface area contributed by atoms with Crippen LogP contribution in [0.25, 0.3) is 0 Å². The van der Waals surface area contributed by atoms with Crippen molar-refractivity contribution in [3.63, 3.8) is 0 Å². The molecule has 0 aliphatic rings. The zero-order valence-electron chi connectivity index (χ0n) is 5.16. The molecule has 0 nitrogen and oxygen atoms in total. The van der Waals surface area contributed by atoms with Gasteiger partial charge in [0.1, 0.15) is 0 Å². The highest BCUT2D eigenvalue weighted by Gasteiger charge is 2.07. The van der Waals surface area contributed by atoms with Crippen LogP contribution in [0.1, 0.15) is 27.2 Å². The average Bonchev–Trinajstić information content (AvgIpc) is 1.30. The zero-order valence-corrected chi connectivity index (χ0v) is 5.92. The van der Waals surface area contributed by atoms with Crippen molar-refractivity contribution in [3.05, 3.63) is 5.88 Å². The first-order valence-corrected chi connectivity index (χ1v) is 2.92. The van der Waals surface area contributed by atoms with Gasteiger partial charge in [-0.1, -0.05) is 20.8 Å². The van der Waals surface area contributed by atoms with Crippen LogP contribution in [0.4, 0.5) is 0 Å². The molecule has 0 aromatic rings. The lowest BCUT2D eigenvalue weighted by atomic mass is 9.94. The predicted molar refractivity (Wildman–Crippen MR) is 34.2 cm³/mol. The Morgan fingerprint density at radius 3 is 1.86 bits per heavy atom. The van der Waals surface area contributed by atoms with Crippen LogP contribution in [0.2, 0.25) is 0 Å². The summed E-state index contributed by atoms with van der Waals surface area (Å²) in [6.45, 7) is 6.48. The van der Waals surface area contributed by atoms with Gasteiger partial charge >= 0.3 is 0 Å². The van der Waals surface area contributed by atoms with Crippen LogP contribution in [0.15, 0.2) is 0 Å². The van der Waals surface area contributed by atoms with E-state index in [-0.39, 0.29) is 0 Å². The van der Waals surface area contributed by atoms with Crippen molar-refractivity contribution in [3.8, 4) is 0 Å². The van der Waals surface area contributed by atoms with Gasteiger partial charge in [0.05, 0.1) is 5.88 Å². The van der Waals surface area contributed by atoms with Crippen molar-refractivity contribution in [2.24, 2.45) is 5.41 Å². The van der Waals surface area contributed by atoms with Crippen LogP contribution in [0.5, 0.6) is 0 Å². The third-order valence-electron chi connectivity index (χ3n) is 0.690. The Morgan fingerprint density at radius 1 is 1.43 bits per heavy atom. The summed E-state index contributed by atoms with van der Waals surface area (Å²) >= 11 is 5.36. The van der Waals surface area contributed by atoms with E-state index in [1.807, 2.05) is 0 Å². The number of hydrogen-bond donors (Lipinski definition) is 0. The normalized spacial score (nSPS) is 12.0. The van der Waals surface area contributed by atoms with E-state index in [0.29, 0.717) is 5.41 Å². The van der Waals surface area contributed by atoms with E-state index in [4.69, 9.17) is 11.6 Å². The second kappa shape index (κ2) is 2.56. The lowest BCUT2D eigenvalue weighted by Gasteiger charge is -2.14. The van der Waals surface area contributed by atoms with Gasteiger partial charge in [-0.3, -0.25) is 0 Å². The quantitative estimate of drug-likeness (QED) is 0.498. The summed E-state index contributed by atoms with van der Waals surface area (Å²) in [7, 11) is 0. The van der Waals surface area contributed by atoms with Gasteiger partial charge in [0.25, 0.3) is 0 Å². The SMILES string of the molecule is CC(C)(C)C[CH]Cl. The minimum atomic E-state index is 0.363. The van der Waals surface area contributed by atoms with Gasteiger partial charge in [0, 0.05) is 0 Å². The van der Waals surface area contributed by atoms with Crippen LogP contribution >= 0.6 is 11.6 Å². The highest BCUT2D eigenvalue weighted by Crippen LogP contribution is 2.20. The number of halogens is 1. The molecule has 0 aliphatic carbocycles. The predicted octanol–water partition coefficient (Wildman–Crippen LogP) is 2.82. The molecule has 0 bridgehead atoms. The van der Waals surface area contributed by atoms with E-state index in [0.717, 1.165) is 6.42 Å². The standard InChI is InChI=1S/C6H12Cl/c1-6(2,3)4-5-7/h5H,4H2,1-3H3. The lowest BCUT2D eigenvalue weighted by molar-refractivity contribution is 0.415. The molecular weight excluding hydrogens is 108 g/mol. The smallest absolute Gasteiger partial charge is 0.0504 e. The zero-order chi connectivity index (χ0) is 5.91. The summed E-state index contributed by atoms with van der Waals surface area (Å²) in [5.41, 5.74) is 0.363. The van der Waals surface area contributed by atoms with Gasteiger partial charge in [-0.05, 0) is 11.8 Å². The molecule has 0 rings (SSSR count). The van der Waals surface area contributed by atoms with Crippen LogP contribution < -0.4 is 0 Å². The first kappa shape index (κ1) is 7.29. The minimum Gasteiger partial charge on any atom is -0.121 e. The lowest BCUT2D eigenvalue weighted by Crippen LogP contribution is -2.02. The van der Waals surface area contributed by atoms with Crippen LogP contribution in [-0.2, 0) is 0 Å². The van der Waals surface area contributed by atoms with Gasteiger partial charge in [0.2, 0.25) is 0 Å². The minimum absolute atomic E-state index is 0.363. The molecular formula is C6H12Cl. The van der Waals surface area contributed by atoms with E-state index < -0.39 is 0 Å². The summed E-state index contributed by atoms with van der Waals surface area (Å²) in [6.07, 6.45) is 0.981. The molecule has 0 saturated heterocycles. The van der Waals surface area contributed by atoms with Crippen LogP contribution in [0.3, 0.4) is 0 Å². The Kier molecular flexibility index (Phi) is 2.67. The van der Waals surface area contributed by atoms with Gasteiger partial charge in [0.15, 0.2) is 0 Å². The summed E-state index contributed by atoms with van der Waals surface area (Å²) in [4.78, 5) is 0. The van der Waals surface area contributed by atoms with Crippen LogP contribution in [-0.4, -0.2) is 0 Å². The number of rotatable bonds is 1. The maximum absolute atomic E-state index is 5.36. The molecule has 1 heteroatoms. The van der Waals surface area contributed by atoms with Gasteiger partial charge in [-0.2, -0.15) is 0 Å². The van der Waals surface area contributed by atoms with Gasteiger partial charge in [-0.25, -0.2) is 0 Å². The summed E-state index contributed by atoms with van der Waals surface area (Å²) in [5.74, 6) is 1.68. The molecule has 0 aromatic carbocycles. The van der Waals surface area contributed by atoms with Crippen molar-refractivity contribution >= 4 is 11.6 Å². The summed E-state index contributed by atoms with van der Waals surface area (Å²) < 4.78 is 0. The highest BCUT2D eigenvalue weighted by atomic mass is 35.5. The fourth-order valence-electron chi connectivity index (χ4n) is 0.231. The molecule has 43 valence electrons. The number of hydrogen-bond acceptors (Lipinski definition) is 0. The molecule has 0 amide bonds. The first-order chi connectivity index (χ1) is 3.06. The summed E-state index contributed by atoms with van der Waals surface area (Å²) in [5, 5.41) is 0. The van der Waals surface area contributed by atoms with E-state index in [1.165, 1.54) is 0 Å². The van der Waals surface area contributed by atoms with Crippen molar-refractivity contribution in [1.29, 1.82) is 0 Å². The van der Waals surface area contributed by atoms with Crippen molar-refractivity contribution in [2.75, 3.05) is 0 Å². The molecule has 7 heavy (non-hydrogen) atoms. The third kappa shape index (κ3) is 6.29. The molecule has 0 aromatic heterocycles. The Hall–Kier alpha value is 0.290. The average molecular weight is 120 g/mol. The Balaban J connectivity index is 3.15. The largest absolute Gasteiger partial charge is 0.121 e. The molecule has 0 saturated carbocycles. The van der Waals surface area contributed by atoms with Gasteiger partial charge in [-0.15, -0.1) is 11.6 Å². The Morgan fingerprint density at radius 2 is 1.86 bits per heavy atom. The van der Waals surface area contributed by atoms with Crippen molar-refractivity contribution in [1.82, 2.24) is 0 Å². The molecule has 0 N–H and O–H groups in total. The monoisotopic (exact) mass is 119 g/mol.